The van der Waals surface area contributed by atoms with E-state index < -0.39 is 30.4 Å². The van der Waals surface area contributed by atoms with Crippen molar-refractivity contribution in [3.8, 4) is 5.88 Å². The number of nitrogens with one attached hydrogen (secondary N) is 1. The Bertz CT molecular complexity index is 761. The normalized spacial score (nSPS) is 12.1. The van der Waals surface area contributed by atoms with Crippen LogP contribution in [0, 0.1) is 0 Å². The topological polar surface area (TPSA) is 47.0 Å². The molecule has 10 heteroatoms. The molecule has 1 N–H and O–H groups in total. The summed E-state index contributed by atoms with van der Waals surface area (Å²) in [5, 5.41) is 2.69. The highest BCUT2D eigenvalue weighted by Gasteiger charge is 2.38. The van der Waals surface area contributed by atoms with Crippen molar-refractivity contribution in [2.45, 2.75) is 38.5 Å². The lowest BCUT2D eigenvalue weighted by Gasteiger charge is -2.15. The molecular formula is C17H17F6N3O. The first-order chi connectivity index (χ1) is 12.6. The smallest absolute Gasteiger partial charge is 0.423 e. The van der Waals surface area contributed by atoms with Gasteiger partial charge in [-0.05, 0) is 30.5 Å². The van der Waals surface area contributed by atoms with Gasteiger partial charge in [0.05, 0.1) is 0 Å². The third-order valence-corrected chi connectivity index (χ3v) is 3.43. The number of rotatable bonds is 7. The number of aryl methyl sites for hydroxylation is 1. The van der Waals surface area contributed by atoms with Gasteiger partial charge in [0.2, 0.25) is 11.8 Å². The van der Waals surface area contributed by atoms with Crippen molar-refractivity contribution in [2.24, 2.45) is 0 Å². The Morgan fingerprint density at radius 3 is 2.48 bits per heavy atom. The summed E-state index contributed by atoms with van der Waals surface area (Å²) in [6.07, 6.45) is -6.56. The lowest BCUT2D eigenvalue weighted by atomic mass is 10.1. The highest BCUT2D eigenvalue weighted by Crippen LogP contribution is 2.36. The van der Waals surface area contributed by atoms with Crippen LogP contribution in [0.1, 0.15) is 30.9 Å². The number of anilines is 2. The molecule has 148 valence electrons. The van der Waals surface area contributed by atoms with Crippen LogP contribution in [0.2, 0.25) is 0 Å². The monoisotopic (exact) mass is 393 g/mol. The molecule has 2 aromatic rings. The van der Waals surface area contributed by atoms with E-state index in [1.165, 1.54) is 0 Å². The first-order valence-electron chi connectivity index (χ1n) is 8.08. The molecule has 1 heterocycles. The third kappa shape index (κ3) is 6.61. The molecule has 1 aromatic heterocycles. The van der Waals surface area contributed by atoms with Crippen molar-refractivity contribution in [3.05, 3.63) is 41.6 Å². The molecule has 27 heavy (non-hydrogen) atoms. The van der Waals surface area contributed by atoms with Gasteiger partial charge in [0.15, 0.2) is 6.61 Å². The van der Waals surface area contributed by atoms with Crippen LogP contribution in [-0.2, 0) is 12.6 Å². The molecule has 0 spiro atoms. The maximum Gasteiger partial charge on any atom is 0.423 e. The molecule has 2 rings (SSSR count). The van der Waals surface area contributed by atoms with Gasteiger partial charge in [-0.2, -0.15) is 31.3 Å². The number of benzene rings is 1. The largest absolute Gasteiger partial charge is 0.467 e. The molecule has 0 aliphatic heterocycles. The summed E-state index contributed by atoms with van der Waals surface area (Å²) in [5.41, 5.74) is 0.0291. The lowest BCUT2D eigenvalue weighted by Crippen LogP contribution is -2.22. The van der Waals surface area contributed by atoms with E-state index in [0.29, 0.717) is 11.9 Å². The number of nitrogens with zero attached hydrogens (tertiary/aromatic N) is 2. The van der Waals surface area contributed by atoms with E-state index in [4.69, 9.17) is 0 Å². The summed E-state index contributed by atoms with van der Waals surface area (Å²) >= 11 is 0. The molecule has 0 fully saturated rings. The summed E-state index contributed by atoms with van der Waals surface area (Å²) in [7, 11) is 0. The molecule has 0 aliphatic rings. The Morgan fingerprint density at radius 2 is 1.85 bits per heavy atom. The molecule has 1 aromatic carbocycles. The van der Waals surface area contributed by atoms with Crippen LogP contribution in [-0.4, -0.2) is 22.8 Å². The number of halogens is 6. The summed E-state index contributed by atoms with van der Waals surface area (Å²) in [4.78, 5) is 7.00. The fourth-order valence-electron chi connectivity index (χ4n) is 2.20. The van der Waals surface area contributed by atoms with E-state index in [1.54, 1.807) is 18.2 Å². The maximum absolute atomic E-state index is 12.9. The summed E-state index contributed by atoms with van der Waals surface area (Å²) in [6.45, 7) is 0.152. The predicted molar refractivity (Wildman–Crippen MR) is 86.9 cm³/mol. The van der Waals surface area contributed by atoms with Gasteiger partial charge < -0.3 is 10.1 Å². The van der Waals surface area contributed by atoms with Crippen LogP contribution >= 0.6 is 0 Å². The Morgan fingerprint density at radius 1 is 1.11 bits per heavy atom. The van der Waals surface area contributed by atoms with Crippen LogP contribution in [0.5, 0.6) is 5.88 Å². The van der Waals surface area contributed by atoms with Gasteiger partial charge in [-0.1, -0.05) is 25.5 Å². The molecular weight excluding hydrogens is 376 g/mol. The molecule has 0 radical (unpaired) electrons. The second-order valence-corrected chi connectivity index (χ2v) is 5.74. The Hall–Kier alpha value is -2.52. The molecule has 4 nitrogen and oxygen atoms in total. The number of unbranched alkanes of at least 4 members (excludes halogenated alkanes) is 1. The second-order valence-electron chi connectivity index (χ2n) is 5.74. The minimum absolute atomic E-state index is 0.298. The third-order valence-electron chi connectivity index (χ3n) is 3.43. The minimum Gasteiger partial charge on any atom is -0.467 e. The zero-order valence-corrected chi connectivity index (χ0v) is 14.3. The van der Waals surface area contributed by atoms with E-state index in [1.807, 2.05) is 13.0 Å². The van der Waals surface area contributed by atoms with Crippen LogP contribution in [0.3, 0.4) is 0 Å². The van der Waals surface area contributed by atoms with Crippen molar-refractivity contribution in [2.75, 3.05) is 11.9 Å². The molecule has 0 aliphatic carbocycles. The molecule has 0 unspecified atom stereocenters. The van der Waals surface area contributed by atoms with E-state index in [2.05, 4.69) is 20.0 Å². The van der Waals surface area contributed by atoms with Crippen molar-refractivity contribution in [3.63, 3.8) is 0 Å². The van der Waals surface area contributed by atoms with Crippen molar-refractivity contribution in [1.82, 2.24) is 9.97 Å². The Balaban J connectivity index is 2.24. The Kier molecular flexibility index (Phi) is 6.50. The van der Waals surface area contributed by atoms with Gasteiger partial charge in [0.1, 0.15) is 5.56 Å². The van der Waals surface area contributed by atoms with Crippen LogP contribution in [0.4, 0.5) is 38.0 Å². The number of hydrogen-bond acceptors (Lipinski definition) is 4. The van der Waals surface area contributed by atoms with Gasteiger partial charge in [-0.15, -0.1) is 0 Å². The number of hydrogen-bond donors (Lipinski definition) is 1. The van der Waals surface area contributed by atoms with Gasteiger partial charge in [0, 0.05) is 11.9 Å². The SMILES string of the molecule is CCCCc1cccc(Nc2ncc(C(F)(F)F)c(OCC(F)(F)F)n2)c1. The summed E-state index contributed by atoms with van der Waals surface area (Å²) in [6, 6.07) is 7.06. The highest BCUT2D eigenvalue weighted by molar-refractivity contribution is 5.55. The van der Waals surface area contributed by atoms with Crippen LogP contribution in [0.15, 0.2) is 30.5 Å². The fourth-order valence-corrected chi connectivity index (χ4v) is 2.20. The van der Waals surface area contributed by atoms with Gasteiger partial charge in [-0.3, -0.25) is 0 Å². The van der Waals surface area contributed by atoms with Crippen molar-refractivity contribution in [1.29, 1.82) is 0 Å². The average Bonchev–Trinajstić information content (AvgIpc) is 2.57. The van der Waals surface area contributed by atoms with Gasteiger partial charge in [-0.25, -0.2) is 4.98 Å². The minimum atomic E-state index is -4.94. The van der Waals surface area contributed by atoms with Gasteiger partial charge >= 0.3 is 12.4 Å². The molecule has 0 atom stereocenters. The standard InChI is InChI=1S/C17H17F6N3O/c1-2-3-5-11-6-4-7-12(8-11)25-15-24-9-13(17(21,22)23)14(26-15)27-10-16(18,19)20/h4,6-9H,2-3,5,10H2,1H3,(H,24,25,26). The van der Waals surface area contributed by atoms with E-state index >= 15 is 0 Å². The summed E-state index contributed by atoms with van der Waals surface area (Å²) in [5.74, 6) is -1.48. The molecule has 0 saturated carbocycles. The molecule has 0 saturated heterocycles. The second kappa shape index (κ2) is 8.45. The van der Waals surface area contributed by atoms with Crippen molar-refractivity contribution < 1.29 is 31.1 Å². The predicted octanol–water partition coefficient (Wildman–Crippen LogP) is 5.52. The van der Waals surface area contributed by atoms with Crippen molar-refractivity contribution >= 4 is 11.6 Å². The highest BCUT2D eigenvalue weighted by atomic mass is 19.4. The molecule has 0 bridgehead atoms. The maximum atomic E-state index is 12.9. The lowest BCUT2D eigenvalue weighted by molar-refractivity contribution is -0.159. The fraction of sp³-hybridized carbons (Fsp3) is 0.412. The molecule has 0 amide bonds. The number of ether oxygens (including phenoxy) is 1. The first kappa shape index (κ1) is 20.8. The Labute approximate surface area is 151 Å². The van der Waals surface area contributed by atoms with Gasteiger partial charge in [0.25, 0.3) is 0 Å². The number of alkyl halides is 6. The van der Waals surface area contributed by atoms with Crippen LogP contribution in [0.25, 0.3) is 0 Å². The van der Waals surface area contributed by atoms with E-state index in [0.717, 1.165) is 24.8 Å². The summed E-state index contributed by atoms with van der Waals surface area (Å²) < 4.78 is 80.0. The first-order valence-corrected chi connectivity index (χ1v) is 8.08. The zero-order chi connectivity index (χ0) is 20.1. The zero-order valence-electron chi connectivity index (χ0n) is 14.3. The van der Waals surface area contributed by atoms with Crippen LogP contribution < -0.4 is 10.1 Å². The average molecular weight is 393 g/mol. The number of aromatic nitrogens is 2. The van der Waals surface area contributed by atoms with E-state index in [-0.39, 0.29) is 5.95 Å². The quantitative estimate of drug-likeness (QED) is 0.629. The van der Waals surface area contributed by atoms with E-state index in [9.17, 15) is 26.3 Å².